The number of rotatable bonds is 6. The molecule has 1 aliphatic rings. The molecule has 3 aromatic carbocycles. The number of para-hydroxylation sites is 1. The standard InChI is InChI=1S/C25H18F6N4O2S/c26-24(27,28)20-3-1-2-4-22(20)33-23(38)34-32-14-15-5-8-17(9-6-15)37-35-21-12-7-16-13-18(10-11-19(16)21)36-25(29,30)31/h1-6,8-11,13-14H,7,12H2,(H2,33,34,38)/b32-14+,35-21+. The molecular weight excluding hydrogens is 534 g/mol. The highest BCUT2D eigenvalue weighted by Crippen LogP contribution is 2.34. The predicted octanol–water partition coefficient (Wildman–Crippen LogP) is 6.65. The molecule has 0 radical (unpaired) electrons. The summed E-state index contributed by atoms with van der Waals surface area (Å²) in [7, 11) is 0. The normalized spacial score (nSPS) is 14.4. The van der Waals surface area contributed by atoms with E-state index in [1.165, 1.54) is 42.6 Å². The van der Waals surface area contributed by atoms with E-state index in [-0.39, 0.29) is 16.5 Å². The van der Waals surface area contributed by atoms with Gasteiger partial charge in [-0.15, -0.1) is 13.2 Å². The van der Waals surface area contributed by atoms with Crippen molar-refractivity contribution in [2.75, 3.05) is 5.32 Å². The summed E-state index contributed by atoms with van der Waals surface area (Å²) in [4.78, 5) is 5.45. The lowest BCUT2D eigenvalue weighted by Crippen LogP contribution is -2.25. The van der Waals surface area contributed by atoms with E-state index in [2.05, 4.69) is 25.7 Å². The average molecular weight is 553 g/mol. The Morgan fingerprint density at radius 3 is 2.32 bits per heavy atom. The Hall–Kier alpha value is -4.13. The molecule has 6 nitrogen and oxygen atoms in total. The van der Waals surface area contributed by atoms with Gasteiger partial charge in [0.15, 0.2) is 10.9 Å². The largest absolute Gasteiger partial charge is 0.573 e. The molecule has 13 heteroatoms. The zero-order chi connectivity index (χ0) is 27.3. The molecule has 1 aliphatic carbocycles. The van der Waals surface area contributed by atoms with Crippen molar-refractivity contribution in [3.05, 3.63) is 89.0 Å². The summed E-state index contributed by atoms with van der Waals surface area (Å²) in [6, 6.07) is 15.6. The van der Waals surface area contributed by atoms with Crippen LogP contribution in [0.5, 0.6) is 11.5 Å². The van der Waals surface area contributed by atoms with Crippen LogP contribution in [0, 0.1) is 0 Å². The van der Waals surface area contributed by atoms with E-state index in [1.807, 2.05) is 0 Å². The minimum Gasteiger partial charge on any atom is -0.406 e. The van der Waals surface area contributed by atoms with Crippen LogP contribution in [0.2, 0.25) is 0 Å². The third-order valence-electron chi connectivity index (χ3n) is 5.25. The first-order chi connectivity index (χ1) is 18.0. The van der Waals surface area contributed by atoms with Crippen molar-refractivity contribution in [1.82, 2.24) is 5.43 Å². The van der Waals surface area contributed by atoms with E-state index in [1.54, 1.807) is 24.3 Å². The van der Waals surface area contributed by atoms with Gasteiger partial charge in [-0.2, -0.15) is 18.3 Å². The molecule has 2 N–H and O–H groups in total. The number of benzene rings is 3. The van der Waals surface area contributed by atoms with Crippen molar-refractivity contribution < 1.29 is 35.9 Å². The van der Waals surface area contributed by atoms with Crippen LogP contribution in [0.15, 0.2) is 77.0 Å². The Morgan fingerprint density at radius 2 is 1.61 bits per heavy atom. The zero-order valence-corrected chi connectivity index (χ0v) is 20.0. The molecule has 0 heterocycles. The highest BCUT2D eigenvalue weighted by Gasteiger charge is 2.33. The van der Waals surface area contributed by atoms with Gasteiger partial charge in [-0.3, -0.25) is 5.43 Å². The first-order valence-electron chi connectivity index (χ1n) is 11.0. The van der Waals surface area contributed by atoms with E-state index in [0.29, 0.717) is 41.0 Å². The van der Waals surface area contributed by atoms with Crippen LogP contribution in [-0.2, 0) is 12.6 Å². The molecule has 0 amide bonds. The number of oxime groups is 1. The number of anilines is 1. The molecule has 0 saturated carbocycles. The second-order valence-corrected chi connectivity index (χ2v) is 8.34. The molecule has 0 aromatic heterocycles. The monoisotopic (exact) mass is 552 g/mol. The number of thiocarbonyl (C=S) groups is 1. The molecule has 0 bridgehead atoms. The highest BCUT2D eigenvalue weighted by atomic mass is 32.1. The van der Waals surface area contributed by atoms with Crippen LogP contribution in [0.3, 0.4) is 0 Å². The van der Waals surface area contributed by atoms with Crippen LogP contribution in [0.25, 0.3) is 0 Å². The number of ether oxygens (including phenoxy) is 1. The molecule has 0 fully saturated rings. The Balaban J connectivity index is 1.31. The van der Waals surface area contributed by atoms with E-state index in [9.17, 15) is 26.3 Å². The summed E-state index contributed by atoms with van der Waals surface area (Å²) in [5, 5.41) is 10.4. The third kappa shape index (κ3) is 7.22. The van der Waals surface area contributed by atoms with Gasteiger partial charge in [0, 0.05) is 5.56 Å². The van der Waals surface area contributed by atoms with E-state index in [0.717, 1.165) is 6.07 Å². The summed E-state index contributed by atoms with van der Waals surface area (Å²) in [5.41, 5.74) is 4.02. The maximum atomic E-state index is 13.1. The fourth-order valence-corrected chi connectivity index (χ4v) is 3.78. The van der Waals surface area contributed by atoms with Crippen LogP contribution in [0.1, 0.15) is 28.7 Å². The minimum atomic E-state index is -4.76. The molecule has 0 aliphatic heterocycles. The van der Waals surface area contributed by atoms with Gasteiger partial charge in [0.1, 0.15) is 5.75 Å². The molecule has 0 atom stereocenters. The first kappa shape index (κ1) is 26.9. The summed E-state index contributed by atoms with van der Waals surface area (Å²) in [5.74, 6) is 0.127. The summed E-state index contributed by atoms with van der Waals surface area (Å²) in [6.45, 7) is 0. The molecule has 0 unspecified atom stereocenters. The lowest BCUT2D eigenvalue weighted by molar-refractivity contribution is -0.274. The van der Waals surface area contributed by atoms with Crippen molar-refractivity contribution in [1.29, 1.82) is 0 Å². The Kier molecular flexibility index (Phi) is 7.86. The second kappa shape index (κ2) is 11.1. The van der Waals surface area contributed by atoms with Gasteiger partial charge in [0.05, 0.1) is 23.2 Å². The number of alkyl halides is 6. The summed E-state index contributed by atoms with van der Waals surface area (Å²) < 4.78 is 80.5. The summed E-state index contributed by atoms with van der Waals surface area (Å²) >= 11 is 5.00. The number of nitrogens with one attached hydrogen (secondary N) is 2. The van der Waals surface area contributed by atoms with Crippen LogP contribution in [-0.4, -0.2) is 23.4 Å². The Morgan fingerprint density at radius 1 is 0.895 bits per heavy atom. The number of hydrazone groups is 1. The highest BCUT2D eigenvalue weighted by molar-refractivity contribution is 7.80. The topological polar surface area (TPSA) is 67.2 Å². The van der Waals surface area contributed by atoms with E-state index >= 15 is 0 Å². The van der Waals surface area contributed by atoms with Crippen LogP contribution in [0.4, 0.5) is 32.0 Å². The van der Waals surface area contributed by atoms with Gasteiger partial charge >= 0.3 is 12.5 Å². The van der Waals surface area contributed by atoms with E-state index in [4.69, 9.17) is 17.1 Å². The van der Waals surface area contributed by atoms with Gasteiger partial charge in [-0.1, -0.05) is 17.3 Å². The molecule has 4 rings (SSSR count). The van der Waals surface area contributed by atoms with Crippen molar-refractivity contribution in [3.63, 3.8) is 0 Å². The maximum absolute atomic E-state index is 13.1. The molecule has 0 spiro atoms. The van der Waals surface area contributed by atoms with Gasteiger partial charge in [-0.25, -0.2) is 0 Å². The number of nitrogens with zero attached hydrogens (tertiary/aromatic N) is 2. The lowest BCUT2D eigenvalue weighted by Gasteiger charge is -2.14. The van der Waals surface area contributed by atoms with Gasteiger partial charge in [-0.05, 0) is 90.8 Å². The molecule has 198 valence electrons. The number of hydrogen-bond donors (Lipinski definition) is 2. The van der Waals surface area contributed by atoms with Gasteiger partial charge in [0.25, 0.3) is 0 Å². The SMILES string of the molecule is FC(F)(F)Oc1ccc2c(c1)CC/C2=N\Oc1ccc(/C=N/NC(=S)Nc2ccccc2C(F)(F)F)cc1. The molecule has 38 heavy (non-hydrogen) atoms. The van der Waals surface area contributed by atoms with Crippen molar-refractivity contribution in [2.24, 2.45) is 10.3 Å². The zero-order valence-electron chi connectivity index (χ0n) is 19.2. The fourth-order valence-electron chi connectivity index (χ4n) is 3.62. The lowest BCUT2D eigenvalue weighted by atomic mass is 10.1. The number of hydrogen-bond acceptors (Lipinski definition) is 5. The molecule has 0 saturated heterocycles. The van der Waals surface area contributed by atoms with Crippen LogP contribution >= 0.6 is 12.2 Å². The molecular formula is C25H18F6N4O2S. The quantitative estimate of drug-likeness (QED) is 0.155. The fraction of sp³-hybridized carbons (Fsp3) is 0.160. The van der Waals surface area contributed by atoms with Gasteiger partial charge in [0.2, 0.25) is 0 Å². The first-order valence-corrected chi connectivity index (χ1v) is 11.4. The van der Waals surface area contributed by atoms with Crippen LogP contribution < -0.4 is 20.3 Å². The van der Waals surface area contributed by atoms with Crippen molar-refractivity contribution in [3.8, 4) is 11.5 Å². The maximum Gasteiger partial charge on any atom is 0.573 e. The number of aryl methyl sites for hydroxylation is 1. The predicted molar refractivity (Wildman–Crippen MR) is 133 cm³/mol. The Labute approximate surface area is 217 Å². The minimum absolute atomic E-state index is 0.123. The van der Waals surface area contributed by atoms with Crippen molar-refractivity contribution in [2.45, 2.75) is 25.4 Å². The number of halogens is 6. The second-order valence-electron chi connectivity index (χ2n) is 7.93. The summed E-state index contributed by atoms with van der Waals surface area (Å²) in [6.07, 6.45) is -6.87. The number of fused-ring (bicyclic) bond motifs is 1. The van der Waals surface area contributed by atoms with Crippen molar-refractivity contribution >= 4 is 34.9 Å². The average Bonchev–Trinajstić information content (AvgIpc) is 3.24. The van der Waals surface area contributed by atoms with E-state index < -0.39 is 18.1 Å². The smallest absolute Gasteiger partial charge is 0.406 e. The van der Waals surface area contributed by atoms with Gasteiger partial charge < -0.3 is 14.9 Å². The Bertz CT molecular complexity index is 1370. The third-order valence-corrected chi connectivity index (χ3v) is 5.45. The molecule has 3 aromatic rings.